The number of hydrogen-bond donors (Lipinski definition) is 1. The lowest BCUT2D eigenvalue weighted by Gasteiger charge is -2.08. The molecule has 0 aliphatic carbocycles. The molecule has 1 N–H and O–H groups in total. The molecule has 7 nitrogen and oxygen atoms in total. The maximum Gasteiger partial charge on any atom is 0.292 e. The third-order valence-electron chi connectivity index (χ3n) is 3.97. The molecule has 146 valence electrons. The van der Waals surface area contributed by atoms with Crippen LogP contribution in [-0.2, 0) is 4.79 Å². The van der Waals surface area contributed by atoms with E-state index in [1.54, 1.807) is 6.07 Å². The molecular weight excluding hydrogens is 379 g/mol. The number of halogens is 1. The zero-order valence-corrected chi connectivity index (χ0v) is 15.0. The molecule has 0 bridgehead atoms. The van der Waals surface area contributed by atoms with Crippen LogP contribution in [0.3, 0.4) is 0 Å². The summed E-state index contributed by atoms with van der Waals surface area (Å²) in [6.07, 6.45) is 0. The fraction of sp³-hybridized carbons (Fsp3) is 0.0476. The first-order valence-electron chi connectivity index (χ1n) is 8.50. The van der Waals surface area contributed by atoms with Gasteiger partial charge in [-0.15, -0.1) is 0 Å². The SMILES string of the molecule is O=C(COc1ccc(C(=O)c2ccc(F)cc2)cc1)Nc1ccccc1[N+](=O)[O-]. The Balaban J connectivity index is 1.59. The second-order valence-electron chi connectivity index (χ2n) is 5.97. The first kappa shape index (κ1) is 19.7. The van der Waals surface area contributed by atoms with Crippen molar-refractivity contribution in [2.45, 2.75) is 0 Å². The first-order valence-corrected chi connectivity index (χ1v) is 8.50. The molecule has 0 radical (unpaired) electrons. The summed E-state index contributed by atoms with van der Waals surface area (Å²) in [5.41, 5.74) is 0.591. The normalized spacial score (nSPS) is 10.2. The van der Waals surface area contributed by atoms with Crippen LogP contribution in [0, 0.1) is 15.9 Å². The van der Waals surface area contributed by atoms with Crippen LogP contribution in [0.25, 0.3) is 0 Å². The fourth-order valence-corrected chi connectivity index (χ4v) is 2.54. The van der Waals surface area contributed by atoms with Crippen molar-refractivity contribution in [3.63, 3.8) is 0 Å². The van der Waals surface area contributed by atoms with Gasteiger partial charge in [0.05, 0.1) is 4.92 Å². The molecule has 1 amide bonds. The molecule has 3 rings (SSSR count). The molecule has 29 heavy (non-hydrogen) atoms. The summed E-state index contributed by atoms with van der Waals surface area (Å²) in [5.74, 6) is -0.917. The minimum atomic E-state index is -0.590. The van der Waals surface area contributed by atoms with Crippen LogP contribution in [0.4, 0.5) is 15.8 Å². The highest BCUT2D eigenvalue weighted by atomic mass is 19.1. The highest BCUT2D eigenvalue weighted by Gasteiger charge is 2.15. The topological polar surface area (TPSA) is 98.5 Å². The summed E-state index contributed by atoms with van der Waals surface area (Å²) >= 11 is 0. The van der Waals surface area contributed by atoms with Gasteiger partial charge in [-0.2, -0.15) is 0 Å². The van der Waals surface area contributed by atoms with Crippen molar-refractivity contribution in [3.05, 3.63) is 99.9 Å². The van der Waals surface area contributed by atoms with Crippen LogP contribution >= 0.6 is 0 Å². The van der Waals surface area contributed by atoms with Gasteiger partial charge in [0, 0.05) is 17.2 Å². The van der Waals surface area contributed by atoms with E-state index in [0.29, 0.717) is 16.9 Å². The minimum absolute atomic E-state index is 0.0753. The average Bonchev–Trinajstić information content (AvgIpc) is 2.73. The van der Waals surface area contributed by atoms with Crippen LogP contribution in [0.1, 0.15) is 15.9 Å². The maximum atomic E-state index is 13.0. The first-order chi connectivity index (χ1) is 13.9. The summed E-state index contributed by atoms with van der Waals surface area (Å²) < 4.78 is 18.3. The summed E-state index contributed by atoms with van der Waals surface area (Å²) in [5, 5.41) is 13.4. The number of carbonyl (C=O) groups is 2. The van der Waals surface area contributed by atoms with Gasteiger partial charge in [-0.1, -0.05) is 12.1 Å². The van der Waals surface area contributed by atoms with E-state index in [4.69, 9.17) is 4.74 Å². The Morgan fingerprint density at radius 2 is 1.52 bits per heavy atom. The van der Waals surface area contributed by atoms with Gasteiger partial charge in [-0.05, 0) is 54.6 Å². The molecule has 3 aromatic carbocycles. The van der Waals surface area contributed by atoms with Crippen molar-refractivity contribution in [2.75, 3.05) is 11.9 Å². The molecule has 8 heteroatoms. The lowest BCUT2D eigenvalue weighted by atomic mass is 10.0. The van der Waals surface area contributed by atoms with Gasteiger partial charge in [0.2, 0.25) is 0 Å². The minimum Gasteiger partial charge on any atom is -0.484 e. The summed E-state index contributed by atoms with van der Waals surface area (Å²) in [6.45, 7) is -0.364. The van der Waals surface area contributed by atoms with Gasteiger partial charge in [-0.3, -0.25) is 19.7 Å². The van der Waals surface area contributed by atoms with Crippen LogP contribution in [0.15, 0.2) is 72.8 Å². The number of nitrogens with one attached hydrogen (secondary N) is 1. The van der Waals surface area contributed by atoms with Crippen LogP contribution < -0.4 is 10.1 Å². The van der Waals surface area contributed by atoms with Crippen molar-refractivity contribution < 1.29 is 23.6 Å². The van der Waals surface area contributed by atoms with E-state index >= 15 is 0 Å². The smallest absolute Gasteiger partial charge is 0.292 e. The number of ether oxygens (including phenoxy) is 1. The van der Waals surface area contributed by atoms with E-state index in [9.17, 15) is 24.1 Å². The Labute approximate surface area is 164 Å². The van der Waals surface area contributed by atoms with E-state index in [2.05, 4.69) is 5.32 Å². The van der Waals surface area contributed by atoms with E-state index in [1.165, 1.54) is 66.7 Å². The van der Waals surface area contributed by atoms with Crippen molar-refractivity contribution in [1.29, 1.82) is 0 Å². The van der Waals surface area contributed by atoms with Crippen LogP contribution in [-0.4, -0.2) is 23.2 Å². The highest BCUT2D eigenvalue weighted by molar-refractivity contribution is 6.09. The number of para-hydroxylation sites is 2. The van der Waals surface area contributed by atoms with Gasteiger partial charge in [-0.25, -0.2) is 4.39 Å². The number of rotatable bonds is 7. The van der Waals surface area contributed by atoms with E-state index in [1.807, 2.05) is 0 Å². The number of hydrogen-bond acceptors (Lipinski definition) is 5. The zero-order valence-electron chi connectivity index (χ0n) is 15.0. The van der Waals surface area contributed by atoms with Gasteiger partial charge in [0.25, 0.3) is 11.6 Å². The number of anilines is 1. The molecule has 0 saturated carbocycles. The Morgan fingerprint density at radius 1 is 0.931 bits per heavy atom. The summed E-state index contributed by atoms with van der Waals surface area (Å²) in [7, 11) is 0. The number of amides is 1. The summed E-state index contributed by atoms with van der Waals surface area (Å²) in [4.78, 5) is 34.7. The van der Waals surface area contributed by atoms with Crippen molar-refractivity contribution in [1.82, 2.24) is 0 Å². The van der Waals surface area contributed by atoms with Crippen molar-refractivity contribution >= 4 is 23.1 Å². The monoisotopic (exact) mass is 394 g/mol. The molecule has 0 aliphatic rings. The third-order valence-corrected chi connectivity index (χ3v) is 3.97. The Bertz CT molecular complexity index is 1050. The quantitative estimate of drug-likeness (QED) is 0.371. The van der Waals surface area contributed by atoms with Crippen LogP contribution in [0.5, 0.6) is 5.75 Å². The number of benzene rings is 3. The zero-order chi connectivity index (χ0) is 20.8. The number of ketones is 1. The molecule has 0 unspecified atom stereocenters. The molecule has 0 aliphatic heterocycles. The predicted molar refractivity (Wildman–Crippen MR) is 103 cm³/mol. The largest absolute Gasteiger partial charge is 0.484 e. The Morgan fingerprint density at radius 3 is 2.14 bits per heavy atom. The van der Waals surface area contributed by atoms with Gasteiger partial charge >= 0.3 is 0 Å². The molecule has 0 aromatic heterocycles. The van der Waals surface area contributed by atoms with Gasteiger partial charge < -0.3 is 10.1 Å². The second-order valence-corrected chi connectivity index (χ2v) is 5.97. The highest BCUT2D eigenvalue weighted by Crippen LogP contribution is 2.23. The maximum absolute atomic E-state index is 13.0. The molecule has 0 spiro atoms. The van der Waals surface area contributed by atoms with E-state index < -0.39 is 16.6 Å². The van der Waals surface area contributed by atoms with E-state index in [-0.39, 0.29) is 23.8 Å². The number of nitro groups is 1. The number of carbonyl (C=O) groups excluding carboxylic acids is 2. The lowest BCUT2D eigenvalue weighted by molar-refractivity contribution is -0.383. The van der Waals surface area contributed by atoms with Crippen molar-refractivity contribution in [2.24, 2.45) is 0 Å². The number of nitro benzene ring substituents is 1. The lowest BCUT2D eigenvalue weighted by Crippen LogP contribution is -2.20. The molecular formula is C21H15FN2O5. The molecule has 0 heterocycles. The molecule has 3 aromatic rings. The van der Waals surface area contributed by atoms with Crippen LogP contribution in [0.2, 0.25) is 0 Å². The predicted octanol–water partition coefficient (Wildman–Crippen LogP) is 3.98. The fourth-order valence-electron chi connectivity index (χ4n) is 2.54. The summed E-state index contributed by atoms with van der Waals surface area (Å²) in [6, 6.07) is 17.1. The standard InChI is InChI=1S/C21H15FN2O5/c22-16-9-5-14(6-10-16)21(26)15-7-11-17(12-8-15)29-13-20(25)23-18-3-1-2-4-19(18)24(27)28/h1-12H,13H2,(H,23,25). The Kier molecular flexibility index (Phi) is 5.94. The third kappa shape index (κ3) is 5.01. The number of nitrogens with zero attached hydrogens (tertiary/aromatic N) is 1. The molecule has 0 saturated heterocycles. The molecule has 0 atom stereocenters. The average molecular weight is 394 g/mol. The van der Waals surface area contributed by atoms with E-state index in [0.717, 1.165) is 0 Å². The van der Waals surface area contributed by atoms with Crippen molar-refractivity contribution in [3.8, 4) is 5.75 Å². The van der Waals surface area contributed by atoms with Gasteiger partial charge in [0.15, 0.2) is 12.4 Å². The van der Waals surface area contributed by atoms with Gasteiger partial charge in [0.1, 0.15) is 17.3 Å². The Hall–Kier alpha value is -4.07. The molecule has 0 fully saturated rings. The second kappa shape index (κ2) is 8.75.